The van der Waals surface area contributed by atoms with Gasteiger partial charge in [-0.2, -0.15) is 5.10 Å². The number of hydrogen-bond acceptors (Lipinski definition) is 4. The van der Waals surface area contributed by atoms with Crippen LogP contribution in [0.2, 0.25) is 0 Å². The van der Waals surface area contributed by atoms with Gasteiger partial charge in [0.2, 0.25) is 11.8 Å². The number of anilines is 1. The summed E-state index contributed by atoms with van der Waals surface area (Å²) in [5.74, 6) is 0.884. The molecule has 7 nitrogen and oxygen atoms in total. The molecule has 1 aliphatic rings. The normalized spacial score (nSPS) is 14.6. The Balaban J connectivity index is 1.29. The number of nitrogens with zero attached hydrogens (tertiary/aromatic N) is 3. The first-order valence-electron chi connectivity index (χ1n) is 13.9. The first-order chi connectivity index (χ1) is 19.3. The summed E-state index contributed by atoms with van der Waals surface area (Å²) in [6.07, 6.45) is 5.89. The van der Waals surface area contributed by atoms with Crippen LogP contribution in [0.25, 0.3) is 11.1 Å². The van der Waals surface area contributed by atoms with Crippen molar-refractivity contribution in [1.29, 1.82) is 0 Å². The summed E-state index contributed by atoms with van der Waals surface area (Å²) < 4.78 is 7.84. The number of fused-ring (bicyclic) bond motifs is 1. The van der Waals surface area contributed by atoms with Crippen LogP contribution in [0.5, 0.6) is 5.75 Å². The Morgan fingerprint density at radius 3 is 2.70 bits per heavy atom. The Hall–Kier alpha value is -4.39. The summed E-state index contributed by atoms with van der Waals surface area (Å²) in [6, 6.07) is 19.5. The fourth-order valence-electron chi connectivity index (χ4n) is 5.42. The van der Waals surface area contributed by atoms with Crippen LogP contribution in [0.1, 0.15) is 64.7 Å². The van der Waals surface area contributed by atoms with E-state index in [1.807, 2.05) is 52.3 Å². The molecule has 1 unspecified atom stereocenters. The van der Waals surface area contributed by atoms with E-state index < -0.39 is 5.91 Å². The van der Waals surface area contributed by atoms with Crippen molar-refractivity contribution in [1.82, 2.24) is 9.78 Å². The highest BCUT2D eigenvalue weighted by Gasteiger charge is 2.29. The molecule has 0 saturated heterocycles. The van der Waals surface area contributed by atoms with Gasteiger partial charge in [0.1, 0.15) is 5.75 Å². The molecule has 0 saturated carbocycles. The van der Waals surface area contributed by atoms with Gasteiger partial charge in [-0.25, -0.2) is 0 Å². The number of amides is 2. The minimum atomic E-state index is -0.444. The number of carbonyl (C=O) groups is 2. The fourth-order valence-corrected chi connectivity index (χ4v) is 5.42. The number of nitrogens with two attached hydrogens (primary N) is 1. The predicted molar refractivity (Wildman–Crippen MR) is 158 cm³/mol. The van der Waals surface area contributed by atoms with Gasteiger partial charge in [0.15, 0.2) is 0 Å². The lowest BCUT2D eigenvalue weighted by molar-refractivity contribution is -0.118. The first kappa shape index (κ1) is 27.2. The smallest absolute Gasteiger partial charge is 0.248 e. The molecule has 0 radical (unpaired) electrons. The maximum absolute atomic E-state index is 13.4. The second kappa shape index (κ2) is 11.8. The number of rotatable bonds is 9. The molecule has 4 aromatic rings. The van der Waals surface area contributed by atoms with Crippen LogP contribution in [0.15, 0.2) is 73.1 Å². The van der Waals surface area contributed by atoms with E-state index in [1.54, 1.807) is 12.1 Å². The molecule has 5 rings (SSSR count). The van der Waals surface area contributed by atoms with Gasteiger partial charge in [-0.3, -0.25) is 14.3 Å². The Kier molecular flexibility index (Phi) is 8.01. The third-order valence-electron chi connectivity index (χ3n) is 7.80. The average molecular weight is 537 g/mol. The molecule has 1 atom stereocenters. The van der Waals surface area contributed by atoms with Crippen molar-refractivity contribution in [2.75, 3.05) is 18.1 Å². The molecule has 0 aliphatic carbocycles. The molecule has 0 bridgehead atoms. The van der Waals surface area contributed by atoms with E-state index in [0.717, 1.165) is 40.1 Å². The number of carbonyl (C=O) groups excluding carboxylic acids is 2. The second-order valence-corrected chi connectivity index (χ2v) is 10.6. The van der Waals surface area contributed by atoms with E-state index in [0.29, 0.717) is 44.0 Å². The highest BCUT2D eigenvalue weighted by Crippen LogP contribution is 2.41. The minimum absolute atomic E-state index is 0.125. The topological polar surface area (TPSA) is 90.4 Å². The molecule has 2 amide bonds. The molecule has 206 valence electrons. The average Bonchev–Trinajstić information content (AvgIpc) is 3.41. The quantitative estimate of drug-likeness (QED) is 0.265. The van der Waals surface area contributed by atoms with Crippen molar-refractivity contribution in [3.8, 4) is 16.9 Å². The Morgan fingerprint density at radius 2 is 1.88 bits per heavy atom. The minimum Gasteiger partial charge on any atom is -0.493 e. The molecule has 2 heterocycles. The molecule has 1 aromatic heterocycles. The van der Waals surface area contributed by atoms with Gasteiger partial charge in [-0.05, 0) is 84.7 Å². The summed E-state index contributed by atoms with van der Waals surface area (Å²) in [7, 11) is 0. The Labute approximate surface area is 235 Å². The van der Waals surface area contributed by atoms with Gasteiger partial charge in [0.05, 0.1) is 19.3 Å². The van der Waals surface area contributed by atoms with Crippen molar-refractivity contribution in [2.45, 2.75) is 52.5 Å². The van der Waals surface area contributed by atoms with E-state index >= 15 is 0 Å². The maximum atomic E-state index is 13.4. The molecule has 40 heavy (non-hydrogen) atoms. The van der Waals surface area contributed by atoms with E-state index in [1.165, 1.54) is 11.1 Å². The highest BCUT2D eigenvalue weighted by molar-refractivity contribution is 5.96. The van der Waals surface area contributed by atoms with Crippen molar-refractivity contribution in [3.05, 3.63) is 101 Å². The van der Waals surface area contributed by atoms with Gasteiger partial charge in [-0.15, -0.1) is 0 Å². The van der Waals surface area contributed by atoms with Gasteiger partial charge < -0.3 is 15.4 Å². The monoisotopic (exact) mass is 536 g/mol. The second-order valence-electron chi connectivity index (χ2n) is 10.6. The van der Waals surface area contributed by atoms with E-state index in [-0.39, 0.29) is 5.91 Å². The lowest BCUT2D eigenvalue weighted by Gasteiger charge is -2.34. The highest BCUT2D eigenvalue weighted by atomic mass is 16.5. The van der Waals surface area contributed by atoms with Crippen LogP contribution in [0, 0.1) is 13.8 Å². The number of hydrogen-bond donors (Lipinski definition) is 1. The molecular weight excluding hydrogens is 500 g/mol. The van der Waals surface area contributed by atoms with Crippen LogP contribution in [0.4, 0.5) is 5.69 Å². The number of aryl methyl sites for hydroxylation is 1. The molecule has 1 aliphatic heterocycles. The molecular formula is C33H36N4O3. The Bertz CT molecular complexity index is 1540. The van der Waals surface area contributed by atoms with Crippen molar-refractivity contribution in [2.24, 2.45) is 5.73 Å². The number of primary amides is 1. The van der Waals surface area contributed by atoms with Crippen molar-refractivity contribution < 1.29 is 14.3 Å². The van der Waals surface area contributed by atoms with E-state index in [2.05, 4.69) is 44.1 Å². The lowest BCUT2D eigenvalue weighted by Crippen LogP contribution is -2.36. The van der Waals surface area contributed by atoms with Gasteiger partial charge >= 0.3 is 0 Å². The zero-order valence-corrected chi connectivity index (χ0v) is 23.4. The summed E-state index contributed by atoms with van der Waals surface area (Å²) >= 11 is 0. The largest absolute Gasteiger partial charge is 0.493 e. The van der Waals surface area contributed by atoms with Crippen LogP contribution >= 0.6 is 0 Å². The van der Waals surface area contributed by atoms with Crippen LogP contribution in [-0.4, -0.2) is 34.7 Å². The number of ether oxygens (including phenoxy) is 1. The number of aromatic nitrogens is 2. The van der Waals surface area contributed by atoms with Crippen molar-refractivity contribution >= 4 is 17.5 Å². The van der Waals surface area contributed by atoms with Gasteiger partial charge in [0.25, 0.3) is 0 Å². The molecule has 0 spiro atoms. The molecule has 2 N–H and O–H groups in total. The van der Waals surface area contributed by atoms with Gasteiger partial charge in [0, 0.05) is 36.0 Å². The standard InChI is InChI=1S/C33H36N4O3/c1-22-8-4-13-30(24(22)3)40-17-7-14-31(38)37-16-15-23(2)32-28(11-6-12-29(32)37)27-19-35-36(21-27)20-25-9-5-10-26(18-25)33(34)39/h4-6,8-13,18-19,21,23H,7,14-17,20H2,1-3H3,(H2,34,39). The Morgan fingerprint density at radius 1 is 1.07 bits per heavy atom. The summed E-state index contributed by atoms with van der Waals surface area (Å²) in [6.45, 7) is 8.11. The lowest BCUT2D eigenvalue weighted by atomic mass is 9.85. The zero-order chi connectivity index (χ0) is 28.2. The third-order valence-corrected chi connectivity index (χ3v) is 7.80. The summed E-state index contributed by atoms with van der Waals surface area (Å²) in [5, 5.41) is 4.58. The third kappa shape index (κ3) is 5.78. The summed E-state index contributed by atoms with van der Waals surface area (Å²) in [5.41, 5.74) is 13.5. The van der Waals surface area contributed by atoms with E-state index in [4.69, 9.17) is 10.5 Å². The molecule has 7 heteroatoms. The fraction of sp³-hybridized carbons (Fsp3) is 0.303. The van der Waals surface area contributed by atoms with Crippen LogP contribution < -0.4 is 15.4 Å². The summed E-state index contributed by atoms with van der Waals surface area (Å²) in [4.78, 5) is 26.9. The first-order valence-corrected chi connectivity index (χ1v) is 13.9. The maximum Gasteiger partial charge on any atom is 0.248 e. The zero-order valence-electron chi connectivity index (χ0n) is 23.4. The van der Waals surface area contributed by atoms with Crippen LogP contribution in [0.3, 0.4) is 0 Å². The van der Waals surface area contributed by atoms with Crippen LogP contribution in [-0.2, 0) is 11.3 Å². The van der Waals surface area contributed by atoms with E-state index in [9.17, 15) is 9.59 Å². The molecule has 0 fully saturated rings. The molecule has 3 aromatic carbocycles. The SMILES string of the molecule is Cc1cccc(OCCCC(=O)N2CCC(C)c3c(-c4cnn(Cc5cccc(C(N)=O)c5)c4)cccc32)c1C. The number of benzene rings is 3. The predicted octanol–water partition coefficient (Wildman–Crippen LogP) is 6.01. The van der Waals surface area contributed by atoms with Crippen molar-refractivity contribution in [3.63, 3.8) is 0 Å². The van der Waals surface area contributed by atoms with Gasteiger partial charge in [-0.1, -0.05) is 43.3 Å².